The van der Waals surface area contributed by atoms with Gasteiger partial charge in [0.2, 0.25) is 5.43 Å². The summed E-state index contributed by atoms with van der Waals surface area (Å²) in [5.74, 6) is 0.794. The van der Waals surface area contributed by atoms with Gasteiger partial charge in [0.1, 0.15) is 15.9 Å². The highest BCUT2D eigenvalue weighted by molar-refractivity contribution is 7.12. The van der Waals surface area contributed by atoms with Gasteiger partial charge in [-0.15, -0.1) is 0 Å². The Labute approximate surface area is 202 Å². The van der Waals surface area contributed by atoms with E-state index >= 15 is 4.39 Å². The van der Waals surface area contributed by atoms with Crippen molar-refractivity contribution in [1.82, 2.24) is 14.3 Å². The first-order valence-corrected chi connectivity index (χ1v) is 12.9. The second kappa shape index (κ2) is 8.37. The second-order valence-electron chi connectivity index (χ2n) is 10.7. The molecule has 2 N–H and O–H groups in total. The van der Waals surface area contributed by atoms with E-state index < -0.39 is 16.8 Å². The molecule has 2 aliphatic rings. The molecule has 5 rings (SSSR count). The SMILES string of the molecule is COc1c(N2CC[C@@H](C(C)(C)NCC(C)C)C2)c(F)cc2c(=O)c3c(=O)[nH]sc3n(C3CC3)c12. The topological polar surface area (TPSA) is 79.4 Å². The van der Waals surface area contributed by atoms with Crippen LogP contribution < -0.4 is 25.9 Å². The molecule has 7 nitrogen and oxygen atoms in total. The highest BCUT2D eigenvalue weighted by atomic mass is 32.1. The van der Waals surface area contributed by atoms with Gasteiger partial charge in [-0.05, 0) is 69.1 Å². The van der Waals surface area contributed by atoms with Crippen LogP contribution in [0, 0.1) is 17.7 Å². The summed E-state index contributed by atoms with van der Waals surface area (Å²) >= 11 is 1.17. The van der Waals surface area contributed by atoms with Gasteiger partial charge in [0.25, 0.3) is 5.56 Å². The molecular formula is C25H33FN4O3S. The molecule has 34 heavy (non-hydrogen) atoms. The van der Waals surface area contributed by atoms with E-state index in [4.69, 9.17) is 4.74 Å². The molecule has 2 fully saturated rings. The van der Waals surface area contributed by atoms with E-state index in [0.29, 0.717) is 46.7 Å². The summed E-state index contributed by atoms with van der Waals surface area (Å²) in [4.78, 5) is 28.3. The third kappa shape index (κ3) is 3.73. The van der Waals surface area contributed by atoms with Crippen molar-refractivity contribution in [2.24, 2.45) is 11.8 Å². The van der Waals surface area contributed by atoms with Crippen molar-refractivity contribution in [3.8, 4) is 5.75 Å². The summed E-state index contributed by atoms with van der Waals surface area (Å²) in [7, 11) is 1.53. The number of aromatic amines is 1. The van der Waals surface area contributed by atoms with Crippen LogP contribution in [-0.4, -0.2) is 41.2 Å². The fourth-order valence-electron chi connectivity index (χ4n) is 5.25. The fraction of sp³-hybridized carbons (Fsp3) is 0.600. The van der Waals surface area contributed by atoms with Gasteiger partial charge >= 0.3 is 0 Å². The van der Waals surface area contributed by atoms with Gasteiger partial charge in [-0.1, -0.05) is 13.8 Å². The van der Waals surface area contributed by atoms with Crippen LogP contribution in [0.4, 0.5) is 10.1 Å². The number of fused-ring (bicyclic) bond motifs is 2. The highest BCUT2D eigenvalue weighted by Gasteiger charge is 2.38. The molecule has 184 valence electrons. The van der Waals surface area contributed by atoms with E-state index in [1.165, 1.54) is 24.7 Å². The van der Waals surface area contributed by atoms with Crippen molar-refractivity contribution in [3.63, 3.8) is 0 Å². The first kappa shape index (κ1) is 23.4. The van der Waals surface area contributed by atoms with Crippen molar-refractivity contribution in [2.45, 2.75) is 58.5 Å². The molecule has 1 aliphatic carbocycles. The number of H-pyrrole nitrogens is 1. The molecule has 0 unspecified atom stereocenters. The number of hydrogen-bond acceptors (Lipinski definition) is 6. The lowest BCUT2D eigenvalue weighted by Gasteiger charge is -2.34. The number of rotatable bonds is 7. The number of hydrogen-bond donors (Lipinski definition) is 2. The average Bonchev–Trinajstić information content (AvgIpc) is 3.36. The Kier molecular flexibility index (Phi) is 5.75. The van der Waals surface area contributed by atoms with Crippen molar-refractivity contribution < 1.29 is 9.13 Å². The number of aromatic nitrogens is 2. The number of ether oxygens (including phenoxy) is 1. The number of methoxy groups -OCH3 is 1. The molecule has 2 aromatic heterocycles. The van der Waals surface area contributed by atoms with Crippen molar-refractivity contribution in [1.29, 1.82) is 0 Å². The zero-order chi connectivity index (χ0) is 24.4. The molecule has 3 heterocycles. The number of halogens is 1. The molecule has 1 aromatic carbocycles. The maximum Gasteiger partial charge on any atom is 0.271 e. The van der Waals surface area contributed by atoms with Crippen molar-refractivity contribution >= 4 is 38.3 Å². The molecule has 1 saturated heterocycles. The van der Waals surface area contributed by atoms with Gasteiger partial charge in [-0.25, -0.2) is 4.39 Å². The summed E-state index contributed by atoms with van der Waals surface area (Å²) < 4.78 is 26.2. The minimum atomic E-state index is -0.483. The Hall–Kier alpha value is -2.39. The Morgan fingerprint density at radius 1 is 1.29 bits per heavy atom. The lowest BCUT2D eigenvalue weighted by molar-refractivity contribution is 0.260. The smallest absolute Gasteiger partial charge is 0.271 e. The normalized spacial score (nSPS) is 19.1. The lowest BCUT2D eigenvalue weighted by Crippen LogP contribution is -2.48. The number of nitrogens with zero attached hydrogens (tertiary/aromatic N) is 2. The average molecular weight is 489 g/mol. The van der Waals surface area contributed by atoms with Crippen LogP contribution in [0.25, 0.3) is 21.1 Å². The quantitative estimate of drug-likeness (QED) is 0.520. The predicted molar refractivity (Wildman–Crippen MR) is 136 cm³/mol. The largest absolute Gasteiger partial charge is 0.492 e. The minimum absolute atomic E-state index is 0.0841. The second-order valence-corrected chi connectivity index (χ2v) is 11.5. The van der Waals surface area contributed by atoms with Crippen LogP contribution in [0.2, 0.25) is 0 Å². The van der Waals surface area contributed by atoms with Crippen LogP contribution in [0.5, 0.6) is 5.75 Å². The molecule has 1 aliphatic heterocycles. The molecule has 0 radical (unpaired) electrons. The number of pyridine rings is 1. The molecule has 0 spiro atoms. The van der Waals surface area contributed by atoms with Gasteiger partial charge < -0.3 is 19.5 Å². The van der Waals surface area contributed by atoms with Gasteiger partial charge in [0.15, 0.2) is 11.6 Å². The molecule has 1 saturated carbocycles. The lowest BCUT2D eigenvalue weighted by atomic mass is 9.86. The van der Waals surface area contributed by atoms with Crippen LogP contribution in [0.15, 0.2) is 15.7 Å². The maximum atomic E-state index is 15.7. The predicted octanol–water partition coefficient (Wildman–Crippen LogP) is 4.24. The van der Waals surface area contributed by atoms with Crippen molar-refractivity contribution in [3.05, 3.63) is 32.5 Å². The third-order valence-electron chi connectivity index (χ3n) is 7.40. The Balaban J connectivity index is 1.64. The van der Waals surface area contributed by atoms with Gasteiger partial charge in [0.05, 0.1) is 18.0 Å². The van der Waals surface area contributed by atoms with Gasteiger partial charge in [-0.3, -0.25) is 14.0 Å². The van der Waals surface area contributed by atoms with Crippen LogP contribution >= 0.6 is 11.5 Å². The Morgan fingerprint density at radius 2 is 2.03 bits per heavy atom. The van der Waals surface area contributed by atoms with E-state index in [2.05, 4.69) is 42.3 Å². The summed E-state index contributed by atoms with van der Waals surface area (Å²) in [5, 5.41) is 3.99. The maximum absolute atomic E-state index is 15.7. The summed E-state index contributed by atoms with van der Waals surface area (Å²) in [6.45, 7) is 11.2. The summed E-state index contributed by atoms with van der Waals surface area (Å²) in [5.41, 5.74) is 0.0665. The number of nitrogens with one attached hydrogen (secondary N) is 2. The third-order valence-corrected chi connectivity index (χ3v) is 8.28. The van der Waals surface area contributed by atoms with Crippen molar-refractivity contribution in [2.75, 3.05) is 31.6 Å². The Morgan fingerprint density at radius 3 is 2.68 bits per heavy atom. The molecule has 0 bridgehead atoms. The molecular weight excluding hydrogens is 455 g/mol. The fourth-order valence-corrected chi connectivity index (χ4v) is 6.17. The van der Waals surface area contributed by atoms with E-state index in [1.54, 1.807) is 0 Å². The zero-order valence-electron chi connectivity index (χ0n) is 20.5. The van der Waals surface area contributed by atoms with Gasteiger partial charge in [0, 0.05) is 24.7 Å². The number of anilines is 1. The standard InChI is InChI=1S/C25H33FN4O3S/c1-13(2)11-27-25(3,4)14-8-9-29(12-14)20-17(26)10-16-19(22(20)33-5)30(15-6-7-15)24-18(21(16)31)23(32)28-34-24/h10,13-15,27H,6-9,11-12H2,1-5H3,(H,28,32)/t14-/m1/s1. The van der Waals surface area contributed by atoms with Crippen LogP contribution in [0.3, 0.4) is 0 Å². The summed E-state index contributed by atoms with van der Waals surface area (Å²) in [6, 6.07) is 1.48. The molecule has 0 amide bonds. The zero-order valence-corrected chi connectivity index (χ0v) is 21.3. The highest BCUT2D eigenvalue weighted by Crippen LogP contribution is 2.46. The molecule has 9 heteroatoms. The van der Waals surface area contributed by atoms with E-state index in [-0.39, 0.29) is 22.4 Å². The number of benzene rings is 1. The minimum Gasteiger partial charge on any atom is -0.492 e. The van der Waals surface area contributed by atoms with Crippen LogP contribution in [0.1, 0.15) is 53.0 Å². The van der Waals surface area contributed by atoms with Crippen LogP contribution in [-0.2, 0) is 0 Å². The molecule has 3 aromatic rings. The summed E-state index contributed by atoms with van der Waals surface area (Å²) in [6.07, 6.45) is 2.85. The first-order chi connectivity index (χ1) is 16.1. The van der Waals surface area contributed by atoms with E-state index in [1.807, 2.05) is 4.57 Å². The van der Waals surface area contributed by atoms with Gasteiger partial charge in [-0.2, -0.15) is 0 Å². The molecule has 1 atom stereocenters. The van der Waals surface area contributed by atoms with E-state index in [0.717, 1.165) is 25.8 Å². The first-order valence-electron chi connectivity index (χ1n) is 12.1. The monoisotopic (exact) mass is 488 g/mol. The Bertz CT molecular complexity index is 1370. The van der Waals surface area contributed by atoms with E-state index in [9.17, 15) is 9.59 Å².